The second kappa shape index (κ2) is 3.63. The molecule has 1 aromatic heterocycles. The highest BCUT2D eigenvalue weighted by Crippen LogP contribution is 2.15. The molecular formula is C12H15N2O2+. The Morgan fingerprint density at radius 2 is 2.19 bits per heavy atom. The second-order valence-electron chi connectivity index (χ2n) is 3.86. The lowest BCUT2D eigenvalue weighted by Crippen LogP contribution is -2.34. The molecule has 0 aliphatic heterocycles. The van der Waals surface area contributed by atoms with Crippen molar-refractivity contribution in [2.75, 3.05) is 0 Å². The number of imidazole rings is 1. The highest BCUT2D eigenvalue weighted by Gasteiger charge is 2.18. The van der Waals surface area contributed by atoms with Crippen molar-refractivity contribution in [1.82, 2.24) is 4.57 Å². The lowest BCUT2D eigenvalue weighted by Gasteiger charge is -1.94. The van der Waals surface area contributed by atoms with Crippen LogP contribution in [0.2, 0.25) is 0 Å². The summed E-state index contributed by atoms with van der Waals surface area (Å²) >= 11 is 0. The van der Waals surface area contributed by atoms with Gasteiger partial charge < -0.3 is 5.11 Å². The summed E-state index contributed by atoms with van der Waals surface area (Å²) in [5.41, 5.74) is 2.36. The van der Waals surface area contributed by atoms with Crippen molar-refractivity contribution in [3.8, 4) is 0 Å². The minimum absolute atomic E-state index is 0.330. The fourth-order valence-corrected chi connectivity index (χ4v) is 2.08. The molecule has 84 valence electrons. The molecule has 0 saturated carbocycles. The first-order chi connectivity index (χ1) is 7.56. The van der Waals surface area contributed by atoms with Gasteiger partial charge in [-0.05, 0) is 19.1 Å². The highest BCUT2D eigenvalue weighted by atomic mass is 16.4. The fourth-order valence-electron chi connectivity index (χ4n) is 2.08. The molecule has 0 saturated heterocycles. The molecule has 4 heteroatoms. The Bertz CT molecular complexity index is 570. The van der Waals surface area contributed by atoms with E-state index < -0.39 is 5.97 Å². The number of benzene rings is 1. The molecule has 16 heavy (non-hydrogen) atoms. The van der Waals surface area contributed by atoms with Crippen molar-refractivity contribution < 1.29 is 14.5 Å². The monoisotopic (exact) mass is 219 g/mol. The molecule has 0 aliphatic carbocycles. The second-order valence-corrected chi connectivity index (χ2v) is 3.86. The summed E-state index contributed by atoms with van der Waals surface area (Å²) in [6.07, 6.45) is 0. The van der Waals surface area contributed by atoms with E-state index in [4.69, 9.17) is 5.11 Å². The first-order valence-corrected chi connectivity index (χ1v) is 5.28. The van der Waals surface area contributed by atoms with Crippen molar-refractivity contribution in [3.63, 3.8) is 0 Å². The van der Waals surface area contributed by atoms with Crippen LogP contribution >= 0.6 is 0 Å². The van der Waals surface area contributed by atoms with E-state index in [-0.39, 0.29) is 0 Å². The third-order valence-corrected chi connectivity index (χ3v) is 3.07. The number of nitrogens with zero attached hydrogens (tertiary/aromatic N) is 2. The maximum Gasteiger partial charge on any atom is 0.335 e. The van der Waals surface area contributed by atoms with Gasteiger partial charge in [-0.25, -0.2) is 13.9 Å². The van der Waals surface area contributed by atoms with Gasteiger partial charge in [-0.3, -0.25) is 0 Å². The Morgan fingerprint density at radius 3 is 2.75 bits per heavy atom. The van der Waals surface area contributed by atoms with Crippen LogP contribution in [0.3, 0.4) is 0 Å². The van der Waals surface area contributed by atoms with Crippen LogP contribution in [0.25, 0.3) is 11.0 Å². The summed E-state index contributed by atoms with van der Waals surface area (Å²) in [5, 5.41) is 8.95. The summed E-state index contributed by atoms with van der Waals surface area (Å²) < 4.78 is 4.19. The number of aryl methyl sites for hydroxylation is 2. The van der Waals surface area contributed by atoms with Crippen LogP contribution in [0.15, 0.2) is 18.2 Å². The molecule has 2 aromatic rings. The van der Waals surface area contributed by atoms with Crippen LogP contribution < -0.4 is 4.57 Å². The molecule has 0 unspecified atom stereocenters. The van der Waals surface area contributed by atoms with Gasteiger partial charge in [0.1, 0.15) is 0 Å². The molecule has 0 fully saturated rings. The van der Waals surface area contributed by atoms with E-state index in [2.05, 4.69) is 11.5 Å². The van der Waals surface area contributed by atoms with Gasteiger partial charge in [0.15, 0.2) is 11.0 Å². The molecule has 0 amide bonds. The van der Waals surface area contributed by atoms with Gasteiger partial charge in [0.25, 0.3) is 5.82 Å². The van der Waals surface area contributed by atoms with Crippen molar-refractivity contribution in [2.24, 2.45) is 7.05 Å². The van der Waals surface area contributed by atoms with Crippen LogP contribution in [-0.2, 0) is 13.6 Å². The molecule has 0 aliphatic rings. The predicted molar refractivity (Wildman–Crippen MR) is 60.5 cm³/mol. The highest BCUT2D eigenvalue weighted by molar-refractivity contribution is 5.91. The van der Waals surface area contributed by atoms with Crippen molar-refractivity contribution in [3.05, 3.63) is 29.6 Å². The minimum atomic E-state index is -0.885. The summed E-state index contributed by atoms with van der Waals surface area (Å²) in [6, 6.07) is 5.24. The Hall–Kier alpha value is -1.84. The average molecular weight is 219 g/mol. The van der Waals surface area contributed by atoms with E-state index in [1.54, 1.807) is 12.1 Å². The number of aromatic carboxylic acids is 1. The summed E-state index contributed by atoms with van der Waals surface area (Å²) in [7, 11) is 1.95. The van der Waals surface area contributed by atoms with Crippen molar-refractivity contribution in [2.45, 2.75) is 20.4 Å². The van der Waals surface area contributed by atoms with Gasteiger partial charge in [0.05, 0.1) is 19.2 Å². The Labute approximate surface area is 93.7 Å². The maximum atomic E-state index is 10.9. The average Bonchev–Trinajstić information content (AvgIpc) is 2.51. The molecule has 0 bridgehead atoms. The Morgan fingerprint density at radius 1 is 1.50 bits per heavy atom. The van der Waals surface area contributed by atoms with E-state index >= 15 is 0 Å². The van der Waals surface area contributed by atoms with E-state index in [0.717, 1.165) is 23.4 Å². The van der Waals surface area contributed by atoms with E-state index in [0.29, 0.717) is 5.56 Å². The van der Waals surface area contributed by atoms with Crippen LogP contribution in [0.1, 0.15) is 23.1 Å². The Balaban J connectivity index is 2.80. The molecule has 0 spiro atoms. The molecule has 4 nitrogen and oxygen atoms in total. The number of aromatic nitrogens is 2. The van der Waals surface area contributed by atoms with Gasteiger partial charge in [0, 0.05) is 13.0 Å². The third-order valence-electron chi connectivity index (χ3n) is 3.07. The number of hydrogen-bond donors (Lipinski definition) is 1. The predicted octanol–water partition coefficient (Wildman–Crippen LogP) is 1.49. The van der Waals surface area contributed by atoms with Crippen molar-refractivity contribution in [1.29, 1.82) is 0 Å². The molecule has 0 atom stereocenters. The lowest BCUT2D eigenvalue weighted by atomic mass is 10.2. The topological polar surface area (TPSA) is 46.1 Å². The zero-order chi connectivity index (χ0) is 11.9. The van der Waals surface area contributed by atoms with Crippen LogP contribution in [0, 0.1) is 6.92 Å². The number of fused-ring (bicyclic) bond motifs is 1. The summed E-state index contributed by atoms with van der Waals surface area (Å²) in [6.45, 7) is 5.00. The lowest BCUT2D eigenvalue weighted by molar-refractivity contribution is -0.674. The quantitative estimate of drug-likeness (QED) is 0.778. The molecular weight excluding hydrogens is 204 g/mol. The standard InChI is InChI=1S/C12H14N2O2/c1-4-14-8(2)13(3)11-7-9(12(15)16)5-6-10(11)14/h5-7H,4H2,1-3H3/p+1. The van der Waals surface area contributed by atoms with Gasteiger partial charge in [-0.15, -0.1) is 0 Å². The fraction of sp³-hybridized carbons (Fsp3) is 0.333. The van der Waals surface area contributed by atoms with Crippen LogP contribution in [0.5, 0.6) is 0 Å². The first kappa shape index (κ1) is 10.7. The Kier molecular flexibility index (Phi) is 2.42. The number of carbonyl (C=O) groups is 1. The van der Waals surface area contributed by atoms with E-state index in [1.807, 2.05) is 24.6 Å². The normalized spacial score (nSPS) is 10.9. The van der Waals surface area contributed by atoms with E-state index in [1.165, 1.54) is 0 Å². The van der Waals surface area contributed by atoms with E-state index in [9.17, 15) is 4.79 Å². The molecule has 1 N–H and O–H groups in total. The van der Waals surface area contributed by atoms with Crippen molar-refractivity contribution >= 4 is 17.0 Å². The van der Waals surface area contributed by atoms with Crippen LogP contribution in [-0.4, -0.2) is 15.6 Å². The zero-order valence-electron chi connectivity index (χ0n) is 9.69. The first-order valence-electron chi connectivity index (χ1n) is 5.28. The number of rotatable bonds is 2. The SMILES string of the molecule is CC[n+]1c(C)n(C)c2cc(C(=O)O)ccc21. The van der Waals surface area contributed by atoms with Gasteiger partial charge in [-0.1, -0.05) is 0 Å². The summed E-state index contributed by atoms with van der Waals surface area (Å²) in [4.78, 5) is 10.9. The number of carboxylic acids is 1. The molecule has 2 rings (SSSR count). The molecule has 1 aromatic carbocycles. The maximum absolute atomic E-state index is 10.9. The smallest absolute Gasteiger partial charge is 0.335 e. The molecule has 0 radical (unpaired) electrons. The number of hydrogen-bond acceptors (Lipinski definition) is 1. The van der Waals surface area contributed by atoms with Gasteiger partial charge >= 0.3 is 5.97 Å². The number of carboxylic acid groups (broad SMARTS) is 1. The van der Waals surface area contributed by atoms with Crippen LogP contribution in [0.4, 0.5) is 0 Å². The minimum Gasteiger partial charge on any atom is -0.478 e. The summed E-state index contributed by atoms with van der Waals surface area (Å²) in [5.74, 6) is 0.240. The van der Waals surface area contributed by atoms with Gasteiger partial charge in [-0.2, -0.15) is 0 Å². The van der Waals surface area contributed by atoms with Gasteiger partial charge in [0.2, 0.25) is 0 Å². The third kappa shape index (κ3) is 1.38. The molecule has 1 heterocycles. The largest absolute Gasteiger partial charge is 0.478 e. The zero-order valence-corrected chi connectivity index (χ0v) is 9.69.